The van der Waals surface area contributed by atoms with Crippen molar-refractivity contribution in [2.75, 3.05) is 33.2 Å². The van der Waals surface area contributed by atoms with Crippen molar-refractivity contribution in [2.24, 2.45) is 32.4 Å². The van der Waals surface area contributed by atoms with Crippen molar-refractivity contribution < 1.29 is 0 Å². The van der Waals surface area contributed by atoms with Crippen LogP contribution in [-0.4, -0.2) is 38.1 Å². The van der Waals surface area contributed by atoms with Crippen molar-refractivity contribution in [3.63, 3.8) is 0 Å². The smallest absolute Gasteiger partial charge is 0.0747 e. The Kier molecular flexibility index (Phi) is 7.05. The van der Waals surface area contributed by atoms with E-state index in [-0.39, 0.29) is 0 Å². The monoisotopic (exact) mass is 173 g/mol. The lowest BCUT2D eigenvalue weighted by Gasteiger charge is -2.11. The highest BCUT2D eigenvalue weighted by Gasteiger charge is 1.95. The molecular formula is C5H15N7. The number of hydrogen-bond donors (Lipinski definition) is 2. The van der Waals surface area contributed by atoms with Gasteiger partial charge in [0.15, 0.2) is 0 Å². The molecule has 0 aromatic rings. The van der Waals surface area contributed by atoms with Crippen molar-refractivity contribution in [1.29, 1.82) is 0 Å². The van der Waals surface area contributed by atoms with Gasteiger partial charge in [0.05, 0.1) is 13.1 Å². The molecule has 0 saturated heterocycles. The molecule has 70 valence electrons. The van der Waals surface area contributed by atoms with E-state index in [1.807, 2.05) is 11.9 Å². The predicted octanol–water partition coefficient (Wildman–Crippen LogP) is -0.430. The fourth-order valence-electron chi connectivity index (χ4n) is 0.658. The minimum Gasteiger partial charge on any atom is -0.305 e. The summed E-state index contributed by atoms with van der Waals surface area (Å²) in [5.41, 5.74) is 0. The highest BCUT2D eigenvalue weighted by atomic mass is 15.3. The number of rotatable bonds is 6. The Morgan fingerprint density at radius 3 is 1.75 bits per heavy atom. The third-order valence-corrected chi connectivity index (χ3v) is 1.33. The Morgan fingerprint density at radius 2 is 1.42 bits per heavy atom. The zero-order valence-electron chi connectivity index (χ0n) is 7.22. The van der Waals surface area contributed by atoms with E-state index in [9.17, 15) is 0 Å². The van der Waals surface area contributed by atoms with E-state index >= 15 is 0 Å². The standard InChI is InChI=1S/C5H15N7/c1-12(4-2-8-10-6)5-3-9-11-7/h2-5H2,1H3,(H2,6,8)(H2,7,9). The molecule has 7 heteroatoms. The second kappa shape index (κ2) is 7.86. The predicted molar refractivity (Wildman–Crippen MR) is 45.3 cm³/mol. The van der Waals surface area contributed by atoms with E-state index in [2.05, 4.69) is 20.7 Å². The first-order chi connectivity index (χ1) is 5.81. The Balaban J connectivity index is 3.26. The molecule has 0 rings (SSSR count). The van der Waals surface area contributed by atoms with Crippen molar-refractivity contribution in [3.8, 4) is 0 Å². The summed E-state index contributed by atoms with van der Waals surface area (Å²) in [6.45, 7) is 2.82. The van der Waals surface area contributed by atoms with Crippen LogP contribution in [0.1, 0.15) is 0 Å². The number of hydrogen-bond acceptors (Lipinski definition) is 5. The molecule has 0 heterocycles. The second-order valence-corrected chi connectivity index (χ2v) is 2.26. The summed E-state index contributed by atoms with van der Waals surface area (Å²) in [5.74, 6) is 9.65. The van der Waals surface area contributed by atoms with Gasteiger partial charge in [0.25, 0.3) is 0 Å². The highest BCUT2D eigenvalue weighted by molar-refractivity contribution is 4.53. The summed E-state index contributed by atoms with van der Waals surface area (Å²) in [6, 6.07) is 0. The third-order valence-electron chi connectivity index (χ3n) is 1.33. The van der Waals surface area contributed by atoms with E-state index < -0.39 is 0 Å². The lowest BCUT2D eigenvalue weighted by molar-refractivity contribution is 0.349. The normalized spacial score (nSPS) is 12.2. The van der Waals surface area contributed by atoms with Gasteiger partial charge in [-0.25, -0.2) is 0 Å². The van der Waals surface area contributed by atoms with E-state index in [0.717, 1.165) is 13.1 Å². The van der Waals surface area contributed by atoms with Crippen LogP contribution >= 0.6 is 0 Å². The van der Waals surface area contributed by atoms with Crippen LogP contribution in [0.2, 0.25) is 0 Å². The van der Waals surface area contributed by atoms with Gasteiger partial charge in [-0.15, -0.1) is 0 Å². The van der Waals surface area contributed by atoms with Gasteiger partial charge >= 0.3 is 0 Å². The first kappa shape index (κ1) is 10.8. The van der Waals surface area contributed by atoms with Gasteiger partial charge in [-0.05, 0) is 7.05 Å². The van der Waals surface area contributed by atoms with E-state index in [4.69, 9.17) is 11.7 Å². The van der Waals surface area contributed by atoms with Gasteiger partial charge in [0.1, 0.15) is 0 Å². The number of nitrogens with two attached hydrogens (primary N) is 2. The van der Waals surface area contributed by atoms with Gasteiger partial charge in [-0.2, -0.15) is 10.2 Å². The van der Waals surface area contributed by atoms with Crippen LogP contribution < -0.4 is 11.7 Å². The minimum absolute atomic E-state index is 0.604. The maximum Gasteiger partial charge on any atom is 0.0747 e. The fraction of sp³-hybridized carbons (Fsp3) is 1.00. The zero-order chi connectivity index (χ0) is 9.23. The summed E-state index contributed by atoms with van der Waals surface area (Å²) >= 11 is 0. The summed E-state index contributed by atoms with van der Waals surface area (Å²) in [4.78, 5) is 2.04. The quantitative estimate of drug-likeness (QED) is 0.323. The molecule has 0 aliphatic carbocycles. The van der Waals surface area contributed by atoms with Gasteiger partial charge in [-0.3, -0.25) is 0 Å². The maximum atomic E-state index is 4.83. The van der Waals surface area contributed by atoms with Crippen LogP contribution in [0.5, 0.6) is 0 Å². The van der Waals surface area contributed by atoms with Crippen LogP contribution in [0, 0.1) is 0 Å². The zero-order valence-corrected chi connectivity index (χ0v) is 7.22. The molecule has 0 aromatic carbocycles. The molecule has 0 aliphatic heterocycles. The van der Waals surface area contributed by atoms with Crippen molar-refractivity contribution >= 4 is 0 Å². The molecule has 0 amide bonds. The maximum absolute atomic E-state index is 4.83. The second-order valence-electron chi connectivity index (χ2n) is 2.26. The highest BCUT2D eigenvalue weighted by Crippen LogP contribution is 1.83. The lowest BCUT2D eigenvalue weighted by Crippen LogP contribution is -2.24. The van der Waals surface area contributed by atoms with E-state index in [1.165, 1.54) is 0 Å². The molecule has 0 saturated carbocycles. The molecule has 0 spiro atoms. The number of likely N-dealkylation sites (N-methyl/N-ethyl adjacent to an activating group) is 1. The molecule has 0 fully saturated rings. The first-order valence-corrected chi connectivity index (χ1v) is 3.63. The molecule has 0 unspecified atom stereocenters. The molecule has 0 aliphatic rings. The average Bonchev–Trinajstić information content (AvgIpc) is 2.06. The van der Waals surface area contributed by atoms with Gasteiger partial charge < -0.3 is 16.6 Å². The summed E-state index contributed by atoms with van der Waals surface area (Å²) < 4.78 is 0. The van der Waals surface area contributed by atoms with Crippen molar-refractivity contribution in [1.82, 2.24) is 4.90 Å². The molecule has 0 atom stereocenters. The Bertz CT molecular complexity index is 127. The summed E-state index contributed by atoms with van der Waals surface area (Å²) in [5, 5.41) is 13.5. The van der Waals surface area contributed by atoms with Crippen molar-refractivity contribution in [2.45, 2.75) is 0 Å². The molecule has 12 heavy (non-hydrogen) atoms. The molecule has 0 radical (unpaired) electrons. The average molecular weight is 173 g/mol. The van der Waals surface area contributed by atoms with E-state index in [0.29, 0.717) is 13.1 Å². The third kappa shape index (κ3) is 6.87. The minimum atomic E-state index is 0.604. The number of nitrogens with zero attached hydrogens (tertiary/aromatic N) is 5. The largest absolute Gasteiger partial charge is 0.305 e. The van der Waals surface area contributed by atoms with Crippen LogP contribution in [0.4, 0.5) is 0 Å². The van der Waals surface area contributed by atoms with Crippen LogP contribution in [0.25, 0.3) is 0 Å². The Hall–Kier alpha value is -1.24. The fourth-order valence-corrected chi connectivity index (χ4v) is 0.658. The van der Waals surface area contributed by atoms with Gasteiger partial charge in [0, 0.05) is 13.1 Å². The summed E-state index contributed by atoms with van der Waals surface area (Å²) in [6.07, 6.45) is 0. The first-order valence-electron chi connectivity index (χ1n) is 3.63. The van der Waals surface area contributed by atoms with Crippen LogP contribution in [-0.2, 0) is 0 Å². The lowest BCUT2D eigenvalue weighted by atomic mass is 10.5. The van der Waals surface area contributed by atoms with Gasteiger partial charge in [-0.1, -0.05) is 10.4 Å². The van der Waals surface area contributed by atoms with Gasteiger partial charge in [0.2, 0.25) is 0 Å². The molecule has 7 nitrogen and oxygen atoms in total. The van der Waals surface area contributed by atoms with Crippen molar-refractivity contribution in [3.05, 3.63) is 0 Å². The summed E-state index contributed by atoms with van der Waals surface area (Å²) in [7, 11) is 1.96. The topological polar surface area (TPSA) is 105 Å². The SMILES string of the molecule is CN(CCN=NN)CCN=NN. The Morgan fingerprint density at radius 1 is 1.00 bits per heavy atom. The van der Waals surface area contributed by atoms with Crippen LogP contribution in [0.3, 0.4) is 0 Å². The molecule has 0 aromatic heterocycles. The Labute approximate surface area is 71.5 Å². The molecular weight excluding hydrogens is 158 g/mol. The molecule has 0 bridgehead atoms. The molecule has 4 N–H and O–H groups in total. The van der Waals surface area contributed by atoms with Crippen LogP contribution in [0.15, 0.2) is 20.7 Å². The van der Waals surface area contributed by atoms with E-state index in [1.54, 1.807) is 0 Å².